The molecule has 4 nitrogen and oxygen atoms in total. The monoisotopic (exact) mass is 359 g/mol. The maximum absolute atomic E-state index is 12.4. The highest BCUT2D eigenvalue weighted by Gasteiger charge is 2.48. The molecule has 1 aliphatic carbocycles. The van der Waals surface area contributed by atoms with Crippen LogP contribution < -0.4 is 4.90 Å². The van der Waals surface area contributed by atoms with Crippen molar-refractivity contribution in [1.29, 1.82) is 0 Å². The Labute approximate surface area is 153 Å². The van der Waals surface area contributed by atoms with E-state index in [-0.39, 0.29) is 17.5 Å². The molecule has 2 fully saturated rings. The molecule has 25 heavy (non-hydrogen) atoms. The van der Waals surface area contributed by atoms with Crippen LogP contribution >= 0.6 is 11.8 Å². The second-order valence-electron chi connectivity index (χ2n) is 7.44. The molecule has 1 aromatic carbocycles. The predicted octanol–water partition coefficient (Wildman–Crippen LogP) is 4.17. The lowest BCUT2D eigenvalue weighted by atomic mass is 9.74. The Bertz CT molecular complexity index is 669. The Balaban J connectivity index is 1.40. The molecular formula is C20H25NO3S. The van der Waals surface area contributed by atoms with Crippen molar-refractivity contribution in [2.24, 2.45) is 5.92 Å². The number of amides is 1. The van der Waals surface area contributed by atoms with Gasteiger partial charge in [0.15, 0.2) is 0 Å². The Morgan fingerprint density at radius 1 is 1.16 bits per heavy atom. The molecule has 1 unspecified atom stereocenters. The van der Waals surface area contributed by atoms with Crippen molar-refractivity contribution >= 4 is 29.3 Å². The molecule has 0 aromatic heterocycles. The molecule has 0 radical (unpaired) electrons. The third kappa shape index (κ3) is 3.31. The number of rotatable bonds is 4. The van der Waals surface area contributed by atoms with E-state index in [1.807, 2.05) is 23.1 Å². The predicted molar refractivity (Wildman–Crippen MR) is 98.8 cm³/mol. The lowest BCUT2D eigenvalue weighted by molar-refractivity contribution is -0.152. The van der Waals surface area contributed by atoms with Crippen molar-refractivity contribution in [2.45, 2.75) is 61.9 Å². The first-order valence-electron chi connectivity index (χ1n) is 9.42. The van der Waals surface area contributed by atoms with E-state index in [1.165, 1.54) is 24.2 Å². The highest BCUT2D eigenvalue weighted by molar-refractivity contribution is 8.00. The van der Waals surface area contributed by atoms with Gasteiger partial charge < -0.3 is 9.64 Å². The van der Waals surface area contributed by atoms with Crippen molar-refractivity contribution in [2.75, 3.05) is 17.2 Å². The number of nitrogens with zero attached hydrogens (tertiary/aromatic N) is 1. The Morgan fingerprint density at radius 3 is 2.80 bits per heavy atom. The van der Waals surface area contributed by atoms with E-state index >= 15 is 0 Å². The molecule has 1 atom stereocenters. The summed E-state index contributed by atoms with van der Waals surface area (Å²) in [5.41, 5.74) is 0.838. The maximum Gasteiger partial charge on any atom is 0.306 e. The van der Waals surface area contributed by atoms with Gasteiger partial charge in [0.1, 0.15) is 5.60 Å². The first-order valence-corrected chi connectivity index (χ1v) is 10.4. The maximum atomic E-state index is 12.4. The number of hydrogen-bond acceptors (Lipinski definition) is 4. The zero-order valence-corrected chi connectivity index (χ0v) is 15.4. The van der Waals surface area contributed by atoms with Gasteiger partial charge >= 0.3 is 5.97 Å². The number of ether oxygens (including phenoxy) is 1. The largest absolute Gasteiger partial charge is 0.459 e. The number of fused-ring (bicyclic) bond motifs is 1. The Hall–Kier alpha value is -1.49. The lowest BCUT2D eigenvalue weighted by Crippen LogP contribution is -2.39. The molecule has 1 saturated heterocycles. The van der Waals surface area contributed by atoms with Crippen molar-refractivity contribution in [1.82, 2.24) is 0 Å². The number of hydrogen-bond donors (Lipinski definition) is 0. The summed E-state index contributed by atoms with van der Waals surface area (Å²) in [5.74, 6) is 1.01. The number of esters is 1. The summed E-state index contributed by atoms with van der Waals surface area (Å²) in [5, 5.41) is 0. The average Bonchev–Trinajstić information content (AvgIpc) is 2.92. The molecule has 2 heterocycles. The highest BCUT2D eigenvalue weighted by Crippen LogP contribution is 2.46. The summed E-state index contributed by atoms with van der Waals surface area (Å²) >= 11 is 1.62. The molecule has 1 spiro atoms. The van der Waals surface area contributed by atoms with Crippen LogP contribution in [-0.2, 0) is 14.3 Å². The van der Waals surface area contributed by atoms with Crippen LogP contribution in [0.3, 0.4) is 0 Å². The molecule has 134 valence electrons. The molecule has 0 bridgehead atoms. The molecule has 2 aliphatic heterocycles. The summed E-state index contributed by atoms with van der Waals surface area (Å²) in [6.45, 7) is 0.733. The minimum absolute atomic E-state index is 0.0253. The van der Waals surface area contributed by atoms with Gasteiger partial charge in [-0.1, -0.05) is 18.6 Å². The average molecular weight is 359 g/mol. The second kappa shape index (κ2) is 7.02. The van der Waals surface area contributed by atoms with Crippen LogP contribution in [0.4, 0.5) is 5.69 Å². The quantitative estimate of drug-likeness (QED) is 0.757. The van der Waals surface area contributed by atoms with Crippen LogP contribution in [0.15, 0.2) is 29.2 Å². The van der Waals surface area contributed by atoms with Gasteiger partial charge in [0, 0.05) is 17.4 Å². The first kappa shape index (κ1) is 17.0. The van der Waals surface area contributed by atoms with E-state index < -0.39 is 0 Å². The van der Waals surface area contributed by atoms with Crippen LogP contribution in [-0.4, -0.2) is 29.8 Å². The fourth-order valence-corrected chi connectivity index (χ4v) is 5.60. The van der Waals surface area contributed by atoms with Gasteiger partial charge in [0.25, 0.3) is 0 Å². The molecule has 3 aliphatic rings. The normalized spacial score (nSPS) is 25.1. The molecule has 5 heteroatoms. The fourth-order valence-electron chi connectivity index (χ4n) is 4.66. The first-order chi connectivity index (χ1) is 12.2. The van der Waals surface area contributed by atoms with E-state index in [2.05, 4.69) is 6.07 Å². The van der Waals surface area contributed by atoms with Gasteiger partial charge in [-0.3, -0.25) is 9.59 Å². The van der Waals surface area contributed by atoms with Crippen LogP contribution in [0.25, 0.3) is 0 Å². The number of carbonyl (C=O) groups is 2. The summed E-state index contributed by atoms with van der Waals surface area (Å²) in [4.78, 5) is 27.4. The zero-order valence-electron chi connectivity index (χ0n) is 14.5. The SMILES string of the molecule is O=C1CC(CCCN2C(=O)CSc3ccccc32)C2(CCCCC2)O1. The summed E-state index contributed by atoms with van der Waals surface area (Å²) in [6.07, 6.45) is 8.07. The van der Waals surface area contributed by atoms with Crippen LogP contribution in [0.1, 0.15) is 51.4 Å². The third-order valence-electron chi connectivity index (χ3n) is 5.92. The van der Waals surface area contributed by atoms with Crippen molar-refractivity contribution < 1.29 is 14.3 Å². The minimum atomic E-state index is -0.199. The van der Waals surface area contributed by atoms with Gasteiger partial charge in [-0.15, -0.1) is 11.8 Å². The molecule has 1 aromatic rings. The highest BCUT2D eigenvalue weighted by atomic mass is 32.2. The number of anilines is 1. The molecule has 1 amide bonds. The van der Waals surface area contributed by atoms with Crippen molar-refractivity contribution in [3.63, 3.8) is 0 Å². The van der Waals surface area contributed by atoms with Crippen LogP contribution in [0.5, 0.6) is 0 Å². The Kier molecular flexibility index (Phi) is 4.76. The molecule has 4 rings (SSSR count). The number of carbonyl (C=O) groups excluding carboxylic acids is 2. The van der Waals surface area contributed by atoms with E-state index in [1.54, 1.807) is 11.8 Å². The standard InChI is InChI=1S/C20H25NO3S/c22-18-14-25-17-9-3-2-8-16(17)21(18)12-6-7-15-13-19(23)24-20(15)10-4-1-5-11-20/h2-3,8-9,15H,1,4-7,10-14H2. The Morgan fingerprint density at radius 2 is 1.96 bits per heavy atom. The zero-order chi connectivity index (χ0) is 17.3. The minimum Gasteiger partial charge on any atom is -0.459 e. The second-order valence-corrected chi connectivity index (χ2v) is 8.46. The molecule has 1 saturated carbocycles. The van der Waals surface area contributed by atoms with Gasteiger partial charge in [-0.2, -0.15) is 0 Å². The topological polar surface area (TPSA) is 46.6 Å². The summed E-state index contributed by atoms with van der Waals surface area (Å²) in [6, 6.07) is 8.13. The van der Waals surface area contributed by atoms with Gasteiger partial charge in [0.2, 0.25) is 5.91 Å². The van der Waals surface area contributed by atoms with E-state index in [0.29, 0.717) is 18.1 Å². The van der Waals surface area contributed by atoms with Gasteiger partial charge in [0.05, 0.1) is 17.9 Å². The lowest BCUT2D eigenvalue weighted by Gasteiger charge is -2.37. The number of benzene rings is 1. The summed E-state index contributed by atoms with van der Waals surface area (Å²) < 4.78 is 5.80. The van der Waals surface area contributed by atoms with E-state index in [4.69, 9.17) is 4.74 Å². The van der Waals surface area contributed by atoms with Crippen LogP contribution in [0.2, 0.25) is 0 Å². The van der Waals surface area contributed by atoms with Crippen molar-refractivity contribution in [3.05, 3.63) is 24.3 Å². The van der Waals surface area contributed by atoms with E-state index in [9.17, 15) is 9.59 Å². The fraction of sp³-hybridized carbons (Fsp3) is 0.600. The number of thioether (sulfide) groups is 1. The van der Waals surface area contributed by atoms with Crippen molar-refractivity contribution in [3.8, 4) is 0 Å². The number of para-hydroxylation sites is 1. The third-order valence-corrected chi connectivity index (χ3v) is 6.96. The van der Waals surface area contributed by atoms with Gasteiger partial charge in [-0.25, -0.2) is 0 Å². The van der Waals surface area contributed by atoms with Gasteiger partial charge in [-0.05, 0) is 50.7 Å². The molecular weight excluding hydrogens is 334 g/mol. The van der Waals surface area contributed by atoms with E-state index in [0.717, 1.165) is 37.9 Å². The smallest absolute Gasteiger partial charge is 0.306 e. The van der Waals surface area contributed by atoms with Crippen LogP contribution in [0, 0.1) is 5.92 Å². The summed E-state index contributed by atoms with van der Waals surface area (Å²) in [7, 11) is 0. The molecule has 0 N–H and O–H groups in total.